The van der Waals surface area contributed by atoms with E-state index in [-0.39, 0.29) is 22.3 Å². The van der Waals surface area contributed by atoms with E-state index in [1.54, 1.807) is 12.1 Å². The fourth-order valence-electron chi connectivity index (χ4n) is 4.54. The summed E-state index contributed by atoms with van der Waals surface area (Å²) in [6.07, 6.45) is 6.60. The molecule has 2 N–H and O–H groups in total. The van der Waals surface area contributed by atoms with Gasteiger partial charge in [0.1, 0.15) is 5.82 Å². The molecule has 2 aliphatic rings. The minimum absolute atomic E-state index is 0.0240. The molecule has 0 aliphatic heterocycles. The van der Waals surface area contributed by atoms with Gasteiger partial charge in [0.2, 0.25) is 0 Å². The second kappa shape index (κ2) is 6.99. The van der Waals surface area contributed by atoms with Crippen LogP contribution in [0.2, 0.25) is 5.02 Å². The Bertz CT molecular complexity index is 1300. The fourth-order valence-corrected chi connectivity index (χ4v) is 4.75. The summed E-state index contributed by atoms with van der Waals surface area (Å²) in [5.74, 6) is -1.13. The van der Waals surface area contributed by atoms with Crippen LogP contribution in [0.4, 0.5) is 4.39 Å². The number of Topliss-reactive ketones (excluding diaryl/α,β-unsaturated/α-hetero) is 1. The lowest BCUT2D eigenvalue weighted by molar-refractivity contribution is 0.0991. The SMILES string of the molecule is O=C1CC2=C(C=CCC2)c2ccc3c(Cc4ccc(F)c(Cl)c4)cc(O)c(O)c3c21. The molecule has 0 radical (unpaired) electrons. The first-order valence-corrected chi connectivity index (χ1v) is 10.2. The van der Waals surface area contributed by atoms with Crippen LogP contribution < -0.4 is 0 Å². The summed E-state index contributed by atoms with van der Waals surface area (Å²) in [4.78, 5) is 13.1. The second-order valence-electron chi connectivity index (χ2n) is 7.80. The highest BCUT2D eigenvalue weighted by Crippen LogP contribution is 2.45. The van der Waals surface area contributed by atoms with Gasteiger partial charge in [0.15, 0.2) is 17.3 Å². The van der Waals surface area contributed by atoms with Gasteiger partial charge in [0.25, 0.3) is 0 Å². The molecule has 150 valence electrons. The maximum absolute atomic E-state index is 13.5. The van der Waals surface area contributed by atoms with E-state index in [0.717, 1.165) is 40.7 Å². The molecule has 0 aromatic heterocycles. The van der Waals surface area contributed by atoms with Gasteiger partial charge in [-0.1, -0.05) is 47.5 Å². The Morgan fingerprint density at radius 1 is 1.10 bits per heavy atom. The topological polar surface area (TPSA) is 57.5 Å². The van der Waals surface area contributed by atoms with E-state index in [1.165, 1.54) is 12.1 Å². The van der Waals surface area contributed by atoms with E-state index in [1.807, 2.05) is 18.2 Å². The molecule has 3 aromatic rings. The standard InChI is InChI=1S/C25H18ClFO3/c26-19-10-13(5-8-20(19)27)9-15-12-22(29)25(30)24-17(15)6-7-18-16-4-2-1-3-14(16)11-21(28)23(18)24/h2,4-8,10,12,29-30H,1,3,9,11H2. The number of benzene rings is 3. The van der Waals surface area contributed by atoms with Crippen molar-refractivity contribution in [2.24, 2.45) is 0 Å². The highest BCUT2D eigenvalue weighted by atomic mass is 35.5. The molecule has 0 amide bonds. The third kappa shape index (κ3) is 2.91. The Balaban J connectivity index is 1.74. The third-order valence-corrected chi connectivity index (χ3v) is 6.23. The molecular formula is C25H18ClFO3. The van der Waals surface area contributed by atoms with Gasteiger partial charge in [-0.15, -0.1) is 0 Å². The molecule has 5 rings (SSSR count). The average Bonchev–Trinajstić information content (AvgIpc) is 2.74. The molecule has 0 heterocycles. The van der Waals surface area contributed by atoms with Gasteiger partial charge in [0, 0.05) is 17.4 Å². The molecule has 3 aromatic carbocycles. The minimum atomic E-state index is -0.497. The lowest BCUT2D eigenvalue weighted by atomic mass is 9.78. The first kappa shape index (κ1) is 18.9. The quantitative estimate of drug-likeness (QED) is 0.476. The lowest BCUT2D eigenvalue weighted by Crippen LogP contribution is -2.14. The Hall–Kier alpha value is -3.11. The smallest absolute Gasteiger partial charge is 0.168 e. The van der Waals surface area contributed by atoms with Gasteiger partial charge in [0.05, 0.1) is 5.02 Å². The van der Waals surface area contributed by atoms with E-state index in [9.17, 15) is 19.4 Å². The Morgan fingerprint density at radius 2 is 1.93 bits per heavy atom. The molecule has 0 atom stereocenters. The number of phenols is 2. The summed E-state index contributed by atoms with van der Waals surface area (Å²) < 4.78 is 13.5. The van der Waals surface area contributed by atoms with E-state index in [4.69, 9.17) is 11.6 Å². The number of hydrogen-bond acceptors (Lipinski definition) is 3. The number of halogens is 2. The maximum atomic E-state index is 13.5. The van der Waals surface area contributed by atoms with Crippen LogP contribution in [-0.2, 0) is 6.42 Å². The number of hydrogen-bond donors (Lipinski definition) is 2. The van der Waals surface area contributed by atoms with Crippen LogP contribution in [0.15, 0.2) is 54.1 Å². The van der Waals surface area contributed by atoms with Crippen LogP contribution in [0.3, 0.4) is 0 Å². The van der Waals surface area contributed by atoms with E-state index >= 15 is 0 Å². The van der Waals surface area contributed by atoms with Crippen molar-refractivity contribution in [3.8, 4) is 11.5 Å². The second-order valence-corrected chi connectivity index (χ2v) is 8.20. The number of ketones is 1. The summed E-state index contributed by atoms with van der Waals surface area (Å²) in [5.41, 5.74) is 4.88. The molecule has 0 unspecified atom stereocenters. The first-order valence-electron chi connectivity index (χ1n) is 9.80. The Kier molecular flexibility index (Phi) is 4.40. The van der Waals surface area contributed by atoms with Crippen molar-refractivity contribution in [1.82, 2.24) is 0 Å². The van der Waals surface area contributed by atoms with Gasteiger partial charge in [-0.05, 0) is 65.1 Å². The zero-order chi connectivity index (χ0) is 21.0. The fraction of sp³-hybridized carbons (Fsp3) is 0.160. The highest BCUT2D eigenvalue weighted by Gasteiger charge is 2.29. The Labute approximate surface area is 177 Å². The van der Waals surface area contributed by atoms with Crippen molar-refractivity contribution in [2.45, 2.75) is 25.7 Å². The number of phenolic OH excluding ortho intramolecular Hbond substituents is 2. The number of rotatable bonds is 2. The molecular weight excluding hydrogens is 403 g/mol. The predicted molar refractivity (Wildman–Crippen MR) is 116 cm³/mol. The van der Waals surface area contributed by atoms with Crippen LogP contribution in [-0.4, -0.2) is 16.0 Å². The zero-order valence-electron chi connectivity index (χ0n) is 16.0. The molecule has 5 heteroatoms. The van der Waals surface area contributed by atoms with E-state index in [2.05, 4.69) is 6.08 Å². The largest absolute Gasteiger partial charge is 0.504 e. The third-order valence-electron chi connectivity index (χ3n) is 5.94. The van der Waals surface area contributed by atoms with Crippen molar-refractivity contribution in [2.75, 3.05) is 0 Å². The van der Waals surface area contributed by atoms with E-state index < -0.39 is 5.82 Å². The lowest BCUT2D eigenvalue weighted by Gasteiger charge is -2.25. The highest BCUT2D eigenvalue weighted by molar-refractivity contribution is 6.30. The molecule has 0 spiro atoms. The number of allylic oxidation sites excluding steroid dienone is 4. The summed E-state index contributed by atoms with van der Waals surface area (Å²) in [6.45, 7) is 0. The number of carbonyl (C=O) groups is 1. The predicted octanol–water partition coefficient (Wildman–Crippen LogP) is 6.32. The van der Waals surface area contributed by atoms with E-state index in [0.29, 0.717) is 29.2 Å². The van der Waals surface area contributed by atoms with Crippen molar-refractivity contribution in [3.63, 3.8) is 0 Å². The van der Waals surface area contributed by atoms with Crippen LogP contribution >= 0.6 is 11.6 Å². The van der Waals surface area contributed by atoms with Crippen molar-refractivity contribution >= 4 is 33.7 Å². The molecule has 0 fully saturated rings. The number of fused-ring (bicyclic) bond motifs is 4. The minimum Gasteiger partial charge on any atom is -0.504 e. The summed E-state index contributed by atoms with van der Waals surface area (Å²) >= 11 is 5.91. The number of carbonyl (C=O) groups excluding carboxylic acids is 1. The van der Waals surface area contributed by atoms with Gasteiger partial charge < -0.3 is 10.2 Å². The van der Waals surface area contributed by atoms with Crippen LogP contribution in [0, 0.1) is 5.82 Å². The van der Waals surface area contributed by atoms with Gasteiger partial charge >= 0.3 is 0 Å². The molecule has 3 nitrogen and oxygen atoms in total. The maximum Gasteiger partial charge on any atom is 0.168 e. The van der Waals surface area contributed by atoms with Gasteiger partial charge in [-0.2, -0.15) is 0 Å². The number of aromatic hydroxyl groups is 2. The van der Waals surface area contributed by atoms with Crippen molar-refractivity contribution < 1.29 is 19.4 Å². The summed E-state index contributed by atoms with van der Waals surface area (Å²) in [7, 11) is 0. The monoisotopic (exact) mass is 420 g/mol. The van der Waals surface area contributed by atoms with Crippen LogP contribution in [0.25, 0.3) is 16.3 Å². The Morgan fingerprint density at radius 3 is 2.73 bits per heavy atom. The average molecular weight is 421 g/mol. The molecule has 0 saturated carbocycles. The summed E-state index contributed by atoms with van der Waals surface area (Å²) in [5, 5.41) is 22.2. The molecule has 0 bridgehead atoms. The molecule has 2 aliphatic carbocycles. The first-order chi connectivity index (χ1) is 14.4. The molecule has 0 saturated heterocycles. The van der Waals surface area contributed by atoms with Gasteiger partial charge in [-0.25, -0.2) is 4.39 Å². The van der Waals surface area contributed by atoms with Crippen molar-refractivity contribution in [3.05, 3.63) is 87.2 Å². The summed E-state index contributed by atoms with van der Waals surface area (Å²) in [6, 6.07) is 9.75. The van der Waals surface area contributed by atoms with Crippen molar-refractivity contribution in [1.29, 1.82) is 0 Å². The van der Waals surface area contributed by atoms with Crippen LogP contribution in [0.5, 0.6) is 11.5 Å². The van der Waals surface area contributed by atoms with Crippen LogP contribution in [0.1, 0.15) is 46.3 Å². The molecule has 30 heavy (non-hydrogen) atoms. The van der Waals surface area contributed by atoms with Gasteiger partial charge in [-0.3, -0.25) is 4.79 Å². The normalized spacial score (nSPS) is 15.5. The zero-order valence-corrected chi connectivity index (χ0v) is 16.8.